The van der Waals surface area contributed by atoms with E-state index in [0.717, 1.165) is 18.5 Å². The number of carbonyl (C=O) groups is 1. The molecule has 0 fully saturated rings. The first-order chi connectivity index (χ1) is 8.34. The lowest BCUT2D eigenvalue weighted by Gasteiger charge is -2.17. The van der Waals surface area contributed by atoms with Crippen molar-refractivity contribution < 1.29 is 4.79 Å². The lowest BCUT2D eigenvalue weighted by molar-refractivity contribution is -0.123. The summed E-state index contributed by atoms with van der Waals surface area (Å²) in [6.07, 6.45) is 5.06. The molecule has 1 amide bonds. The molecule has 0 aromatic carbocycles. The molecule has 0 aliphatic carbocycles. The summed E-state index contributed by atoms with van der Waals surface area (Å²) in [5.41, 5.74) is 6.25. The maximum absolute atomic E-state index is 11.8. The fourth-order valence-electron chi connectivity index (χ4n) is 1.36. The van der Waals surface area contributed by atoms with Gasteiger partial charge in [0.15, 0.2) is 5.82 Å². The second-order valence-electron chi connectivity index (χ2n) is 5.43. The third-order valence-electron chi connectivity index (χ3n) is 2.57. The van der Waals surface area contributed by atoms with Crippen LogP contribution in [0, 0.1) is 5.41 Å². The lowest BCUT2D eigenvalue weighted by Crippen LogP contribution is -2.28. The van der Waals surface area contributed by atoms with E-state index >= 15 is 0 Å². The zero-order valence-corrected chi connectivity index (χ0v) is 11.5. The molecule has 5 heteroatoms. The van der Waals surface area contributed by atoms with Gasteiger partial charge in [-0.05, 0) is 6.42 Å². The SMILES string of the molecule is CCCC(N)c1cnc(NC(=O)C(C)(C)C)cn1. The van der Waals surface area contributed by atoms with Crippen LogP contribution in [0.15, 0.2) is 12.4 Å². The van der Waals surface area contributed by atoms with E-state index in [2.05, 4.69) is 22.2 Å². The van der Waals surface area contributed by atoms with Crippen LogP contribution in [0.4, 0.5) is 5.82 Å². The zero-order chi connectivity index (χ0) is 13.8. The first-order valence-electron chi connectivity index (χ1n) is 6.23. The summed E-state index contributed by atoms with van der Waals surface area (Å²) < 4.78 is 0. The smallest absolute Gasteiger partial charge is 0.230 e. The van der Waals surface area contributed by atoms with E-state index < -0.39 is 5.41 Å². The largest absolute Gasteiger partial charge is 0.323 e. The molecule has 0 aliphatic rings. The zero-order valence-electron chi connectivity index (χ0n) is 11.5. The van der Waals surface area contributed by atoms with Crippen LogP contribution in [-0.4, -0.2) is 15.9 Å². The third-order valence-corrected chi connectivity index (χ3v) is 2.57. The average Bonchev–Trinajstić information content (AvgIpc) is 2.29. The molecule has 1 atom stereocenters. The second-order valence-corrected chi connectivity index (χ2v) is 5.43. The first kappa shape index (κ1) is 14.6. The van der Waals surface area contributed by atoms with Crippen LogP contribution in [0.1, 0.15) is 52.3 Å². The van der Waals surface area contributed by atoms with E-state index in [-0.39, 0.29) is 11.9 Å². The van der Waals surface area contributed by atoms with Crippen LogP contribution >= 0.6 is 0 Å². The molecule has 0 aliphatic heterocycles. The molecular formula is C13H22N4O. The topological polar surface area (TPSA) is 80.9 Å². The highest BCUT2D eigenvalue weighted by atomic mass is 16.2. The molecule has 0 bridgehead atoms. The first-order valence-corrected chi connectivity index (χ1v) is 6.23. The number of nitrogens with two attached hydrogens (primary N) is 1. The summed E-state index contributed by atoms with van der Waals surface area (Å²) in [7, 11) is 0. The van der Waals surface area contributed by atoms with Crippen molar-refractivity contribution in [3.05, 3.63) is 18.1 Å². The molecule has 5 nitrogen and oxygen atoms in total. The van der Waals surface area contributed by atoms with E-state index in [9.17, 15) is 4.79 Å². The van der Waals surface area contributed by atoms with Crippen molar-refractivity contribution in [2.45, 2.75) is 46.6 Å². The van der Waals surface area contributed by atoms with Gasteiger partial charge in [0.2, 0.25) is 5.91 Å². The van der Waals surface area contributed by atoms with Crippen molar-refractivity contribution in [1.82, 2.24) is 9.97 Å². The predicted molar refractivity (Wildman–Crippen MR) is 72.0 cm³/mol. The van der Waals surface area contributed by atoms with Gasteiger partial charge in [-0.25, -0.2) is 4.98 Å². The molecule has 0 saturated heterocycles. The van der Waals surface area contributed by atoms with Crippen LogP contribution in [0.5, 0.6) is 0 Å². The van der Waals surface area contributed by atoms with Crippen molar-refractivity contribution in [2.24, 2.45) is 11.1 Å². The normalized spacial score (nSPS) is 13.2. The van der Waals surface area contributed by atoms with Gasteiger partial charge in [-0.1, -0.05) is 34.1 Å². The van der Waals surface area contributed by atoms with Gasteiger partial charge in [-0.15, -0.1) is 0 Å². The Balaban J connectivity index is 2.69. The van der Waals surface area contributed by atoms with Gasteiger partial charge >= 0.3 is 0 Å². The summed E-state index contributed by atoms with van der Waals surface area (Å²) in [5.74, 6) is 0.379. The average molecular weight is 250 g/mol. The number of amides is 1. The van der Waals surface area contributed by atoms with Crippen LogP contribution in [-0.2, 0) is 4.79 Å². The van der Waals surface area contributed by atoms with Gasteiger partial charge < -0.3 is 11.1 Å². The number of aromatic nitrogens is 2. The summed E-state index contributed by atoms with van der Waals surface area (Å²) in [6, 6.07) is -0.0881. The Kier molecular flexibility index (Phi) is 4.78. The lowest BCUT2D eigenvalue weighted by atomic mass is 9.96. The summed E-state index contributed by atoms with van der Waals surface area (Å²) in [6.45, 7) is 7.62. The van der Waals surface area contributed by atoms with E-state index in [4.69, 9.17) is 5.73 Å². The molecule has 1 heterocycles. The quantitative estimate of drug-likeness (QED) is 0.858. The highest BCUT2D eigenvalue weighted by molar-refractivity contribution is 5.93. The molecule has 3 N–H and O–H groups in total. The molecule has 100 valence electrons. The molecule has 0 radical (unpaired) electrons. The van der Waals surface area contributed by atoms with Crippen molar-refractivity contribution in [3.63, 3.8) is 0 Å². The van der Waals surface area contributed by atoms with Crippen LogP contribution < -0.4 is 11.1 Å². The second kappa shape index (κ2) is 5.91. The number of hydrogen-bond acceptors (Lipinski definition) is 4. The third kappa shape index (κ3) is 4.07. The highest BCUT2D eigenvalue weighted by Crippen LogP contribution is 2.17. The van der Waals surface area contributed by atoms with Gasteiger partial charge in [0, 0.05) is 11.5 Å². The van der Waals surface area contributed by atoms with E-state index in [1.165, 1.54) is 0 Å². The van der Waals surface area contributed by atoms with E-state index in [1.807, 2.05) is 20.8 Å². The number of rotatable bonds is 4. The number of carbonyl (C=O) groups excluding carboxylic acids is 1. The minimum Gasteiger partial charge on any atom is -0.323 e. The Morgan fingerprint density at radius 1 is 1.39 bits per heavy atom. The summed E-state index contributed by atoms with van der Waals surface area (Å²) in [4.78, 5) is 20.1. The number of nitrogens with one attached hydrogen (secondary N) is 1. The maximum Gasteiger partial charge on any atom is 0.230 e. The van der Waals surface area contributed by atoms with Crippen molar-refractivity contribution in [2.75, 3.05) is 5.32 Å². The molecule has 1 aromatic heterocycles. The number of nitrogens with zero attached hydrogens (tertiary/aromatic N) is 2. The summed E-state index contributed by atoms with van der Waals surface area (Å²) >= 11 is 0. The maximum atomic E-state index is 11.8. The Morgan fingerprint density at radius 2 is 2.06 bits per heavy atom. The predicted octanol–water partition coefficient (Wildman–Crippen LogP) is 2.26. The van der Waals surface area contributed by atoms with Crippen LogP contribution in [0.3, 0.4) is 0 Å². The fourth-order valence-corrected chi connectivity index (χ4v) is 1.36. The van der Waals surface area contributed by atoms with E-state index in [0.29, 0.717) is 5.82 Å². The summed E-state index contributed by atoms with van der Waals surface area (Å²) in [5, 5.41) is 2.73. The van der Waals surface area contributed by atoms with Crippen molar-refractivity contribution >= 4 is 11.7 Å². The van der Waals surface area contributed by atoms with Gasteiger partial charge in [0.25, 0.3) is 0 Å². The molecule has 1 rings (SSSR count). The Bertz CT molecular complexity index is 394. The van der Waals surface area contributed by atoms with E-state index in [1.54, 1.807) is 12.4 Å². The van der Waals surface area contributed by atoms with Gasteiger partial charge in [0.05, 0.1) is 18.1 Å². The number of anilines is 1. The Morgan fingerprint density at radius 3 is 2.50 bits per heavy atom. The Hall–Kier alpha value is -1.49. The molecule has 0 spiro atoms. The standard InChI is InChI=1S/C13H22N4O/c1-5-6-9(14)10-7-16-11(8-15-10)17-12(18)13(2,3)4/h7-9H,5-6,14H2,1-4H3,(H,16,17,18). The van der Waals surface area contributed by atoms with Crippen LogP contribution in [0.2, 0.25) is 0 Å². The molecule has 18 heavy (non-hydrogen) atoms. The fraction of sp³-hybridized carbons (Fsp3) is 0.615. The van der Waals surface area contributed by atoms with Crippen LogP contribution in [0.25, 0.3) is 0 Å². The molecule has 0 saturated carbocycles. The highest BCUT2D eigenvalue weighted by Gasteiger charge is 2.21. The number of hydrogen-bond donors (Lipinski definition) is 2. The van der Waals surface area contributed by atoms with Gasteiger partial charge in [0.1, 0.15) is 0 Å². The molecule has 1 aromatic rings. The Labute approximate surface area is 108 Å². The minimum absolute atomic E-state index is 0.0811. The monoisotopic (exact) mass is 250 g/mol. The van der Waals surface area contributed by atoms with Gasteiger partial charge in [-0.2, -0.15) is 0 Å². The van der Waals surface area contributed by atoms with Gasteiger partial charge in [-0.3, -0.25) is 9.78 Å². The molecule has 1 unspecified atom stereocenters. The minimum atomic E-state index is -0.445. The van der Waals surface area contributed by atoms with Crippen molar-refractivity contribution in [3.8, 4) is 0 Å². The van der Waals surface area contributed by atoms with Crippen molar-refractivity contribution in [1.29, 1.82) is 0 Å². The molecular weight excluding hydrogens is 228 g/mol.